The van der Waals surface area contributed by atoms with Gasteiger partial charge >= 0.3 is 11.3 Å². The number of aromatic nitrogens is 3. The van der Waals surface area contributed by atoms with E-state index < -0.39 is 6.17 Å². The molecule has 0 saturated heterocycles. The highest BCUT2D eigenvalue weighted by Crippen LogP contribution is 2.43. The Hall–Kier alpha value is -2.85. The molecular formula is C22H20BrN4O4S+. The molecule has 0 spiro atoms. The first kappa shape index (κ1) is 21.0. The Morgan fingerprint density at radius 2 is 2.03 bits per heavy atom. The molecule has 1 amide bonds. The SMILES string of the molecule is CCSc1n[n+]2c(c(=O)[nH]1)-c1ccccc1N(C(=O)CC)[C@@H]2c1cc2c(cc1Br)OCO2. The van der Waals surface area contributed by atoms with Gasteiger partial charge < -0.3 is 9.47 Å². The van der Waals surface area contributed by atoms with Gasteiger partial charge in [-0.1, -0.05) is 53.7 Å². The van der Waals surface area contributed by atoms with E-state index in [1.807, 2.05) is 50.2 Å². The highest BCUT2D eigenvalue weighted by atomic mass is 79.9. The number of halogens is 1. The zero-order chi connectivity index (χ0) is 22.4. The minimum absolute atomic E-state index is 0.0862. The van der Waals surface area contributed by atoms with Crippen LogP contribution in [-0.2, 0) is 4.79 Å². The van der Waals surface area contributed by atoms with Gasteiger partial charge in [-0.05, 0) is 34.7 Å². The molecule has 10 heteroatoms. The van der Waals surface area contributed by atoms with Gasteiger partial charge in [-0.3, -0.25) is 14.6 Å². The molecule has 5 rings (SSSR count). The van der Waals surface area contributed by atoms with Gasteiger partial charge in [0.15, 0.2) is 11.5 Å². The predicted octanol–water partition coefficient (Wildman–Crippen LogP) is 3.63. The van der Waals surface area contributed by atoms with Gasteiger partial charge in [0.25, 0.3) is 6.17 Å². The lowest BCUT2D eigenvalue weighted by molar-refractivity contribution is -0.763. The molecule has 0 bridgehead atoms. The first-order valence-electron chi connectivity index (χ1n) is 10.2. The molecule has 0 saturated carbocycles. The third-order valence-electron chi connectivity index (χ3n) is 5.38. The zero-order valence-corrected chi connectivity index (χ0v) is 19.8. The first-order valence-corrected chi connectivity index (χ1v) is 12.0. The summed E-state index contributed by atoms with van der Waals surface area (Å²) in [4.78, 5) is 31.1. The van der Waals surface area contributed by atoms with Crippen LogP contribution in [0.5, 0.6) is 11.5 Å². The number of benzene rings is 2. The standard InChI is InChI=1S/C22H19BrN4O4S/c1-3-18(28)26-15-8-6-5-7-12(15)19-20(29)24-22(32-4-2)25-27(19)21(26)13-9-16-17(10-14(13)23)31-11-30-16/h5-10,21H,3-4,11H2,1-2H3/p+1/t21-/m0/s1. The number of aromatic amines is 1. The quantitative estimate of drug-likeness (QED) is 0.421. The van der Waals surface area contributed by atoms with E-state index in [1.54, 1.807) is 9.58 Å². The predicted molar refractivity (Wildman–Crippen MR) is 123 cm³/mol. The Balaban J connectivity index is 1.84. The van der Waals surface area contributed by atoms with Gasteiger partial charge in [0.2, 0.25) is 17.9 Å². The number of ether oxygens (including phenoxy) is 2. The number of rotatable bonds is 4. The molecule has 1 atom stereocenters. The van der Waals surface area contributed by atoms with Crippen molar-refractivity contribution >= 4 is 39.3 Å². The number of nitrogens with zero attached hydrogens (tertiary/aromatic N) is 3. The molecule has 32 heavy (non-hydrogen) atoms. The summed E-state index contributed by atoms with van der Waals surface area (Å²) in [6.07, 6.45) is -0.391. The molecule has 2 aliphatic rings. The first-order chi connectivity index (χ1) is 15.5. The highest BCUT2D eigenvalue weighted by molar-refractivity contribution is 9.10. The molecule has 8 nitrogen and oxygen atoms in total. The summed E-state index contributed by atoms with van der Waals surface area (Å²) >= 11 is 5.07. The fourth-order valence-corrected chi connectivity index (χ4v) is 5.14. The third kappa shape index (κ3) is 3.29. The number of thioether (sulfide) groups is 1. The van der Waals surface area contributed by atoms with E-state index in [0.29, 0.717) is 40.0 Å². The van der Waals surface area contributed by atoms with Crippen LogP contribution in [0.15, 0.2) is 50.8 Å². The van der Waals surface area contributed by atoms with Crippen LogP contribution >= 0.6 is 27.7 Å². The summed E-state index contributed by atoms with van der Waals surface area (Å²) in [6, 6.07) is 11.1. The maximum atomic E-state index is 13.3. The molecule has 0 aliphatic carbocycles. The number of anilines is 1. The van der Waals surface area contributed by atoms with Gasteiger partial charge in [0, 0.05) is 16.0 Å². The van der Waals surface area contributed by atoms with Crippen molar-refractivity contribution < 1.29 is 19.0 Å². The molecule has 1 N–H and O–H groups in total. The topological polar surface area (TPSA) is 88.4 Å². The van der Waals surface area contributed by atoms with Gasteiger partial charge in [0.1, 0.15) is 0 Å². The van der Waals surface area contributed by atoms with Crippen LogP contribution in [0.1, 0.15) is 32.0 Å². The van der Waals surface area contributed by atoms with Crippen LogP contribution in [0.25, 0.3) is 11.3 Å². The van der Waals surface area contributed by atoms with E-state index in [9.17, 15) is 9.59 Å². The molecule has 0 radical (unpaired) electrons. The normalized spacial score (nSPS) is 16.0. The van der Waals surface area contributed by atoms with E-state index in [-0.39, 0.29) is 18.3 Å². The molecule has 3 aromatic rings. The summed E-state index contributed by atoms with van der Waals surface area (Å²) in [5.74, 6) is 1.86. The van der Waals surface area contributed by atoms with E-state index in [0.717, 1.165) is 15.8 Å². The van der Waals surface area contributed by atoms with Crippen molar-refractivity contribution in [3.05, 3.63) is 56.8 Å². The smallest absolute Gasteiger partial charge is 0.325 e. The number of fused-ring (bicyclic) bond motifs is 4. The van der Waals surface area contributed by atoms with Crippen molar-refractivity contribution in [1.29, 1.82) is 0 Å². The van der Waals surface area contributed by atoms with Crippen LogP contribution in [0.2, 0.25) is 0 Å². The maximum Gasteiger partial charge on any atom is 0.325 e. The monoisotopic (exact) mass is 515 g/mol. The maximum absolute atomic E-state index is 13.3. The number of para-hydroxylation sites is 1. The molecule has 0 fully saturated rings. The molecule has 0 unspecified atom stereocenters. The summed E-state index contributed by atoms with van der Waals surface area (Å²) in [5.41, 5.74) is 2.20. The van der Waals surface area contributed by atoms with Crippen LogP contribution in [-0.4, -0.2) is 28.5 Å². The molecule has 3 heterocycles. The van der Waals surface area contributed by atoms with Crippen molar-refractivity contribution in [3.8, 4) is 22.8 Å². The Morgan fingerprint density at radius 3 is 2.78 bits per heavy atom. The van der Waals surface area contributed by atoms with E-state index in [1.165, 1.54) is 11.8 Å². The molecule has 2 aliphatic heterocycles. The number of hydrogen-bond acceptors (Lipinski definition) is 6. The van der Waals surface area contributed by atoms with Crippen molar-refractivity contribution in [1.82, 2.24) is 10.1 Å². The van der Waals surface area contributed by atoms with Crippen molar-refractivity contribution in [2.75, 3.05) is 17.4 Å². The second-order valence-electron chi connectivity index (χ2n) is 7.22. The minimum Gasteiger partial charge on any atom is -0.454 e. The van der Waals surface area contributed by atoms with Gasteiger partial charge in [-0.2, -0.15) is 0 Å². The van der Waals surface area contributed by atoms with Crippen molar-refractivity contribution in [2.45, 2.75) is 31.6 Å². The number of hydrogen-bond donors (Lipinski definition) is 1. The summed E-state index contributed by atoms with van der Waals surface area (Å²) in [7, 11) is 0. The van der Waals surface area contributed by atoms with Crippen LogP contribution in [0, 0.1) is 0 Å². The van der Waals surface area contributed by atoms with Gasteiger partial charge in [-0.25, -0.2) is 4.90 Å². The Morgan fingerprint density at radius 1 is 1.28 bits per heavy atom. The fourth-order valence-electron chi connectivity index (χ4n) is 4.03. The average molecular weight is 516 g/mol. The van der Waals surface area contributed by atoms with Gasteiger partial charge in [0.05, 0.1) is 16.8 Å². The second-order valence-corrected chi connectivity index (χ2v) is 9.33. The minimum atomic E-state index is -0.685. The largest absolute Gasteiger partial charge is 0.454 e. The Labute approximate surface area is 196 Å². The lowest BCUT2D eigenvalue weighted by Crippen LogP contribution is -2.61. The Bertz CT molecular complexity index is 1300. The lowest BCUT2D eigenvalue weighted by atomic mass is 10.0. The lowest BCUT2D eigenvalue weighted by Gasteiger charge is -2.32. The van der Waals surface area contributed by atoms with Crippen molar-refractivity contribution in [3.63, 3.8) is 0 Å². The van der Waals surface area contributed by atoms with Crippen LogP contribution in [0.4, 0.5) is 5.69 Å². The number of carbonyl (C=O) groups is 1. The number of carbonyl (C=O) groups excluding carboxylic acids is 1. The third-order valence-corrected chi connectivity index (χ3v) is 6.81. The highest BCUT2D eigenvalue weighted by Gasteiger charge is 2.46. The molecule has 1 aromatic heterocycles. The average Bonchev–Trinajstić information content (AvgIpc) is 3.24. The summed E-state index contributed by atoms with van der Waals surface area (Å²) in [6.45, 7) is 3.94. The van der Waals surface area contributed by atoms with E-state index in [4.69, 9.17) is 14.6 Å². The van der Waals surface area contributed by atoms with Crippen molar-refractivity contribution in [2.24, 2.45) is 0 Å². The summed E-state index contributed by atoms with van der Waals surface area (Å²) in [5, 5.41) is 5.25. The van der Waals surface area contributed by atoms with E-state index >= 15 is 0 Å². The number of nitrogens with one attached hydrogen (secondary N) is 1. The Kier molecular flexibility index (Phi) is 5.42. The summed E-state index contributed by atoms with van der Waals surface area (Å²) < 4.78 is 13.5. The van der Waals surface area contributed by atoms with E-state index in [2.05, 4.69) is 20.9 Å². The van der Waals surface area contributed by atoms with Gasteiger partial charge in [-0.15, -0.1) is 0 Å². The molecule has 2 aromatic carbocycles. The number of amides is 1. The molecular weight excluding hydrogens is 496 g/mol. The number of H-pyrrole nitrogens is 1. The fraction of sp³-hybridized carbons (Fsp3) is 0.273. The van der Waals surface area contributed by atoms with Crippen LogP contribution in [0.3, 0.4) is 0 Å². The second kappa shape index (κ2) is 8.25. The molecule has 164 valence electrons. The van der Waals surface area contributed by atoms with Crippen LogP contribution < -0.4 is 24.6 Å². The zero-order valence-electron chi connectivity index (χ0n) is 17.4.